The summed E-state index contributed by atoms with van der Waals surface area (Å²) in [4.78, 5) is 27.3. The normalized spacial score (nSPS) is 14.0. The summed E-state index contributed by atoms with van der Waals surface area (Å²) in [6.45, 7) is 6.90. The molecule has 0 bridgehead atoms. The lowest BCUT2D eigenvalue weighted by molar-refractivity contribution is -0.126. The van der Waals surface area contributed by atoms with Crippen molar-refractivity contribution in [2.75, 3.05) is 24.7 Å². The summed E-state index contributed by atoms with van der Waals surface area (Å²) in [5, 5.41) is 0. The van der Waals surface area contributed by atoms with E-state index in [-0.39, 0.29) is 5.91 Å². The van der Waals surface area contributed by atoms with Crippen LogP contribution in [0, 0.1) is 0 Å². The quantitative estimate of drug-likeness (QED) is 0.661. The van der Waals surface area contributed by atoms with Crippen molar-refractivity contribution in [2.45, 2.75) is 39.7 Å². The highest BCUT2D eigenvalue weighted by molar-refractivity contribution is 6.00. The number of carbonyl (C=O) groups is 2. The Bertz CT molecular complexity index is 879. The summed E-state index contributed by atoms with van der Waals surface area (Å²) >= 11 is 0. The van der Waals surface area contributed by atoms with Gasteiger partial charge in [0.2, 0.25) is 0 Å². The van der Waals surface area contributed by atoms with Crippen LogP contribution >= 0.6 is 0 Å². The molecule has 0 saturated carbocycles. The van der Waals surface area contributed by atoms with E-state index in [2.05, 4.69) is 0 Å². The number of rotatable bonds is 7. The van der Waals surface area contributed by atoms with Gasteiger partial charge in [0.15, 0.2) is 17.6 Å². The number of aryl methyl sites for hydroxylation is 1. The SMILES string of the molecule is CCOc1ccc(C(=O)OC(C)C(=O)N2CCCc3ccccc32)cc1OCC. The second-order valence-corrected chi connectivity index (χ2v) is 6.80. The highest BCUT2D eigenvalue weighted by Crippen LogP contribution is 2.30. The molecule has 154 valence electrons. The van der Waals surface area contributed by atoms with E-state index in [0.29, 0.717) is 36.8 Å². The third kappa shape index (κ3) is 4.70. The molecule has 0 radical (unpaired) electrons. The molecule has 6 nitrogen and oxygen atoms in total. The number of nitrogens with zero attached hydrogens (tertiary/aromatic N) is 1. The van der Waals surface area contributed by atoms with E-state index < -0.39 is 12.1 Å². The number of ether oxygens (including phenoxy) is 3. The molecule has 1 atom stereocenters. The zero-order valence-corrected chi connectivity index (χ0v) is 17.1. The number of hydrogen-bond acceptors (Lipinski definition) is 5. The molecule has 1 unspecified atom stereocenters. The van der Waals surface area contributed by atoms with Gasteiger partial charge in [-0.1, -0.05) is 18.2 Å². The Kier molecular flexibility index (Phi) is 6.75. The first-order valence-electron chi connectivity index (χ1n) is 10.0. The van der Waals surface area contributed by atoms with E-state index in [1.165, 1.54) is 0 Å². The largest absolute Gasteiger partial charge is 0.490 e. The number of hydrogen-bond donors (Lipinski definition) is 0. The summed E-state index contributed by atoms with van der Waals surface area (Å²) in [6.07, 6.45) is 0.941. The van der Waals surface area contributed by atoms with Crippen LogP contribution in [0.5, 0.6) is 11.5 Å². The molecule has 1 aliphatic rings. The summed E-state index contributed by atoms with van der Waals surface area (Å²) in [6, 6.07) is 12.7. The Balaban J connectivity index is 1.72. The van der Waals surface area contributed by atoms with Crippen molar-refractivity contribution < 1.29 is 23.8 Å². The molecule has 1 heterocycles. The first-order valence-corrected chi connectivity index (χ1v) is 10.0. The lowest BCUT2D eigenvalue weighted by Gasteiger charge is -2.31. The summed E-state index contributed by atoms with van der Waals surface area (Å²) in [5.41, 5.74) is 2.35. The third-order valence-corrected chi connectivity index (χ3v) is 4.79. The first kappa shape index (κ1) is 20.7. The van der Waals surface area contributed by atoms with Gasteiger partial charge in [-0.15, -0.1) is 0 Å². The van der Waals surface area contributed by atoms with Crippen LogP contribution < -0.4 is 14.4 Å². The predicted octanol–water partition coefficient (Wildman–Crippen LogP) is 4.01. The fourth-order valence-corrected chi connectivity index (χ4v) is 3.44. The van der Waals surface area contributed by atoms with Crippen molar-refractivity contribution in [2.24, 2.45) is 0 Å². The third-order valence-electron chi connectivity index (χ3n) is 4.79. The van der Waals surface area contributed by atoms with Gasteiger partial charge in [-0.2, -0.15) is 0 Å². The fourth-order valence-electron chi connectivity index (χ4n) is 3.44. The Morgan fingerprint density at radius 3 is 2.52 bits per heavy atom. The van der Waals surface area contributed by atoms with Crippen LogP contribution in [0.25, 0.3) is 0 Å². The van der Waals surface area contributed by atoms with Crippen LogP contribution in [-0.4, -0.2) is 37.7 Å². The van der Waals surface area contributed by atoms with Gasteiger partial charge in [-0.3, -0.25) is 4.79 Å². The van der Waals surface area contributed by atoms with Crippen LogP contribution in [0.4, 0.5) is 5.69 Å². The Morgan fingerprint density at radius 1 is 1.03 bits per heavy atom. The van der Waals surface area contributed by atoms with Crippen molar-refractivity contribution in [3.8, 4) is 11.5 Å². The van der Waals surface area contributed by atoms with Gasteiger partial charge in [0.1, 0.15) is 0 Å². The zero-order chi connectivity index (χ0) is 20.8. The van der Waals surface area contributed by atoms with Crippen LogP contribution in [0.15, 0.2) is 42.5 Å². The van der Waals surface area contributed by atoms with Crippen LogP contribution in [0.2, 0.25) is 0 Å². The monoisotopic (exact) mass is 397 g/mol. The number of amides is 1. The van der Waals surface area contributed by atoms with Crippen molar-refractivity contribution >= 4 is 17.6 Å². The molecule has 0 fully saturated rings. The first-order chi connectivity index (χ1) is 14.0. The molecule has 6 heteroatoms. The molecule has 1 amide bonds. The molecule has 0 spiro atoms. The molecular weight excluding hydrogens is 370 g/mol. The molecule has 0 saturated heterocycles. The number of para-hydroxylation sites is 1. The number of carbonyl (C=O) groups excluding carboxylic acids is 2. The minimum Gasteiger partial charge on any atom is -0.490 e. The van der Waals surface area contributed by atoms with Crippen LogP contribution in [-0.2, 0) is 16.0 Å². The molecule has 3 rings (SSSR count). The van der Waals surface area contributed by atoms with Gasteiger partial charge >= 0.3 is 5.97 Å². The van der Waals surface area contributed by atoms with Crippen molar-refractivity contribution in [1.29, 1.82) is 0 Å². The van der Waals surface area contributed by atoms with Crippen molar-refractivity contribution in [1.82, 2.24) is 0 Å². The summed E-state index contributed by atoms with van der Waals surface area (Å²) in [5.74, 6) is 0.259. The second kappa shape index (κ2) is 9.45. The lowest BCUT2D eigenvalue weighted by atomic mass is 10.0. The van der Waals surface area contributed by atoms with Gasteiger partial charge in [-0.25, -0.2) is 4.79 Å². The minimum atomic E-state index is -0.893. The maximum Gasteiger partial charge on any atom is 0.339 e. The summed E-state index contributed by atoms with van der Waals surface area (Å²) < 4.78 is 16.6. The lowest BCUT2D eigenvalue weighted by Crippen LogP contribution is -2.42. The van der Waals surface area contributed by atoms with Gasteiger partial charge in [-0.05, 0) is 63.4 Å². The highest BCUT2D eigenvalue weighted by Gasteiger charge is 2.28. The van der Waals surface area contributed by atoms with E-state index in [9.17, 15) is 9.59 Å². The topological polar surface area (TPSA) is 65.1 Å². The van der Waals surface area contributed by atoms with E-state index in [1.807, 2.05) is 38.1 Å². The standard InChI is InChI=1S/C23H27NO5/c1-4-27-20-13-12-18(15-21(20)28-5-2)23(26)29-16(3)22(25)24-14-8-10-17-9-6-7-11-19(17)24/h6-7,9,11-13,15-16H,4-5,8,10,14H2,1-3H3. The minimum absolute atomic E-state index is 0.221. The van der Waals surface area contributed by atoms with E-state index in [4.69, 9.17) is 14.2 Å². The molecular formula is C23H27NO5. The molecule has 0 aliphatic carbocycles. The average molecular weight is 397 g/mol. The maximum absolute atomic E-state index is 12.9. The smallest absolute Gasteiger partial charge is 0.339 e. The van der Waals surface area contributed by atoms with Crippen LogP contribution in [0.3, 0.4) is 0 Å². The maximum atomic E-state index is 12.9. The Labute approximate surface area is 171 Å². The van der Waals surface area contributed by atoms with E-state index in [1.54, 1.807) is 30.0 Å². The predicted molar refractivity (Wildman–Crippen MR) is 111 cm³/mol. The molecule has 0 N–H and O–H groups in total. The molecule has 1 aliphatic heterocycles. The summed E-state index contributed by atoms with van der Waals surface area (Å²) in [7, 11) is 0. The molecule has 2 aromatic rings. The van der Waals surface area contributed by atoms with Crippen molar-refractivity contribution in [3.63, 3.8) is 0 Å². The number of esters is 1. The number of fused-ring (bicyclic) bond motifs is 1. The highest BCUT2D eigenvalue weighted by atomic mass is 16.5. The Morgan fingerprint density at radius 2 is 1.76 bits per heavy atom. The molecule has 0 aromatic heterocycles. The van der Waals surface area contributed by atoms with E-state index in [0.717, 1.165) is 24.1 Å². The van der Waals surface area contributed by atoms with Gasteiger partial charge in [0, 0.05) is 12.2 Å². The molecule has 2 aromatic carbocycles. The zero-order valence-electron chi connectivity index (χ0n) is 17.1. The number of anilines is 1. The van der Waals surface area contributed by atoms with Gasteiger partial charge < -0.3 is 19.1 Å². The van der Waals surface area contributed by atoms with E-state index >= 15 is 0 Å². The van der Waals surface area contributed by atoms with Crippen LogP contribution in [0.1, 0.15) is 43.1 Å². The Hall–Kier alpha value is -3.02. The fraction of sp³-hybridized carbons (Fsp3) is 0.391. The van der Waals surface area contributed by atoms with Crippen molar-refractivity contribution in [3.05, 3.63) is 53.6 Å². The average Bonchev–Trinajstić information content (AvgIpc) is 2.74. The van der Waals surface area contributed by atoms with Gasteiger partial charge in [0.25, 0.3) is 5.91 Å². The molecule has 29 heavy (non-hydrogen) atoms. The second-order valence-electron chi connectivity index (χ2n) is 6.80. The van der Waals surface area contributed by atoms with Gasteiger partial charge in [0.05, 0.1) is 18.8 Å². The number of benzene rings is 2.